The minimum atomic E-state index is -1.24. The zero-order valence-electron chi connectivity index (χ0n) is 22.5. The summed E-state index contributed by atoms with van der Waals surface area (Å²) >= 11 is 3.37. The SMILES string of the molecule is CCCCCc1cccc(OC(C)=O)c1C1=N[C@@H]([C@@H]2SC[C@@H]([C@@H](OC(C)=O)C(C)(C)C(=O)O)N2C)CS1. The van der Waals surface area contributed by atoms with E-state index in [1.54, 1.807) is 37.4 Å². The second kappa shape index (κ2) is 12.7. The number of nitrogens with zero attached hydrogens (tertiary/aromatic N) is 2. The van der Waals surface area contributed by atoms with Gasteiger partial charge in [-0.15, -0.1) is 23.5 Å². The van der Waals surface area contributed by atoms with Crippen molar-refractivity contribution >= 4 is 46.5 Å². The summed E-state index contributed by atoms with van der Waals surface area (Å²) in [5.41, 5.74) is 0.783. The third-order valence-electron chi connectivity index (χ3n) is 6.90. The molecule has 1 fully saturated rings. The van der Waals surface area contributed by atoms with Crippen LogP contribution < -0.4 is 4.74 Å². The van der Waals surface area contributed by atoms with Crippen LogP contribution in [0.5, 0.6) is 5.75 Å². The molecular weight excluding hydrogens is 512 g/mol. The predicted octanol–water partition coefficient (Wildman–Crippen LogP) is 4.62. The van der Waals surface area contributed by atoms with Crippen molar-refractivity contribution in [2.24, 2.45) is 10.4 Å². The molecule has 0 radical (unpaired) electrons. The first-order chi connectivity index (χ1) is 17.5. The van der Waals surface area contributed by atoms with E-state index in [1.165, 1.54) is 13.8 Å². The molecule has 1 aromatic rings. The Morgan fingerprint density at radius 2 is 1.92 bits per heavy atom. The minimum absolute atomic E-state index is 0.00193. The fourth-order valence-corrected chi connectivity index (χ4v) is 7.69. The van der Waals surface area contributed by atoms with Crippen molar-refractivity contribution < 1.29 is 29.0 Å². The molecule has 1 N–H and O–H groups in total. The van der Waals surface area contributed by atoms with E-state index >= 15 is 0 Å². The number of carboxylic acids is 1. The number of rotatable bonds is 11. The molecule has 1 saturated heterocycles. The summed E-state index contributed by atoms with van der Waals surface area (Å²) in [5, 5.41) is 10.7. The number of aryl methyl sites for hydroxylation is 1. The first kappa shape index (κ1) is 29.5. The molecule has 8 nitrogen and oxygen atoms in total. The molecule has 0 aromatic heterocycles. The van der Waals surface area contributed by atoms with Crippen LogP contribution in [0.25, 0.3) is 0 Å². The maximum atomic E-state index is 12.0. The van der Waals surface area contributed by atoms with E-state index in [2.05, 4.69) is 17.9 Å². The number of carboxylic acid groups (broad SMARTS) is 1. The number of aliphatic carboxylic acids is 1. The lowest BCUT2D eigenvalue weighted by molar-refractivity contribution is -0.169. The minimum Gasteiger partial charge on any atom is -0.481 e. The van der Waals surface area contributed by atoms with E-state index in [4.69, 9.17) is 14.5 Å². The van der Waals surface area contributed by atoms with E-state index < -0.39 is 23.5 Å². The molecule has 1 aromatic carbocycles. The third kappa shape index (κ3) is 6.89. The van der Waals surface area contributed by atoms with Crippen LogP contribution in [0.4, 0.5) is 0 Å². The number of likely N-dealkylation sites (N-methyl/N-ethyl adjacent to an activating group) is 1. The van der Waals surface area contributed by atoms with Crippen LogP contribution in [0.3, 0.4) is 0 Å². The lowest BCUT2D eigenvalue weighted by Gasteiger charge is -2.38. The first-order valence-electron chi connectivity index (χ1n) is 12.7. The maximum absolute atomic E-state index is 12.0. The molecule has 0 unspecified atom stereocenters. The monoisotopic (exact) mass is 550 g/mol. The number of carbonyl (C=O) groups is 3. The van der Waals surface area contributed by atoms with Crippen molar-refractivity contribution in [1.29, 1.82) is 0 Å². The van der Waals surface area contributed by atoms with Crippen molar-refractivity contribution in [1.82, 2.24) is 4.90 Å². The number of carbonyl (C=O) groups excluding carboxylic acids is 2. The lowest BCUT2D eigenvalue weighted by atomic mass is 9.82. The molecule has 3 rings (SSSR count). The number of thioether (sulfide) groups is 2. The average Bonchev–Trinajstić information content (AvgIpc) is 3.43. The fourth-order valence-electron chi connectivity index (χ4n) is 4.82. The zero-order valence-corrected chi connectivity index (χ0v) is 24.1. The zero-order chi connectivity index (χ0) is 27.3. The van der Waals surface area contributed by atoms with Crippen molar-refractivity contribution in [2.75, 3.05) is 18.6 Å². The van der Waals surface area contributed by atoms with E-state index in [0.29, 0.717) is 11.5 Å². The Balaban J connectivity index is 1.88. The molecule has 2 aliphatic heterocycles. The molecule has 0 amide bonds. The summed E-state index contributed by atoms with van der Waals surface area (Å²) in [6, 6.07) is 5.52. The molecular formula is C27H38N2O6S2. The Kier molecular flexibility index (Phi) is 10.1. The molecule has 4 atom stereocenters. The number of benzene rings is 1. The molecule has 10 heteroatoms. The summed E-state index contributed by atoms with van der Waals surface area (Å²) < 4.78 is 11.2. The van der Waals surface area contributed by atoms with Crippen molar-refractivity contribution in [3.05, 3.63) is 29.3 Å². The van der Waals surface area contributed by atoms with Gasteiger partial charge in [-0.2, -0.15) is 0 Å². The van der Waals surface area contributed by atoms with E-state index in [9.17, 15) is 19.5 Å². The van der Waals surface area contributed by atoms with E-state index in [0.717, 1.165) is 47.6 Å². The smallest absolute Gasteiger partial charge is 0.312 e. The van der Waals surface area contributed by atoms with Crippen LogP contribution in [-0.2, 0) is 25.5 Å². The average molecular weight is 551 g/mol. The summed E-state index contributed by atoms with van der Waals surface area (Å²) in [5.74, 6) is 0.0719. The van der Waals surface area contributed by atoms with Crippen molar-refractivity contribution in [3.8, 4) is 5.75 Å². The van der Waals surface area contributed by atoms with Crippen LogP contribution in [0.1, 0.15) is 65.0 Å². The van der Waals surface area contributed by atoms with Gasteiger partial charge < -0.3 is 14.6 Å². The standard InChI is InChI=1S/C27H38N2O6S2/c1-7-8-9-11-18-12-10-13-21(34-16(2)30)22(18)24-28-19(14-36-24)25-29(6)20(15-37-25)23(35-17(3)31)27(4,5)26(32)33/h10,12-13,19-20,23,25H,7-9,11,14-15H2,1-6H3,(H,32,33)/t19-,20+,23-,25+/m1/s1. The molecule has 204 valence electrons. The summed E-state index contributed by atoms with van der Waals surface area (Å²) in [6.45, 7) is 8.09. The number of aliphatic imine (C=N–C) groups is 1. The second-order valence-corrected chi connectivity index (χ2v) is 12.3. The van der Waals surface area contributed by atoms with Gasteiger partial charge in [-0.05, 0) is 45.4 Å². The summed E-state index contributed by atoms with van der Waals surface area (Å²) in [4.78, 5) is 42.9. The third-order valence-corrected chi connectivity index (χ3v) is 9.51. The largest absolute Gasteiger partial charge is 0.481 e. The van der Waals surface area contributed by atoms with Gasteiger partial charge >= 0.3 is 17.9 Å². The van der Waals surface area contributed by atoms with Gasteiger partial charge in [0, 0.05) is 25.4 Å². The number of hydrogen-bond donors (Lipinski definition) is 1. The van der Waals surface area contributed by atoms with Crippen molar-refractivity contribution in [3.63, 3.8) is 0 Å². The summed E-state index contributed by atoms with van der Waals surface area (Å²) in [6.07, 6.45) is 3.39. The van der Waals surface area contributed by atoms with Gasteiger partial charge in [-0.3, -0.25) is 24.3 Å². The Hall–Kier alpha value is -2.04. The first-order valence-corrected chi connectivity index (χ1v) is 14.8. The molecule has 0 bridgehead atoms. The van der Waals surface area contributed by atoms with Crippen LogP contribution in [0, 0.1) is 5.41 Å². The highest BCUT2D eigenvalue weighted by molar-refractivity contribution is 8.14. The van der Waals surface area contributed by atoms with Gasteiger partial charge in [0.25, 0.3) is 0 Å². The molecule has 37 heavy (non-hydrogen) atoms. The number of ether oxygens (including phenoxy) is 2. The van der Waals surface area contributed by atoms with Gasteiger partial charge in [-0.25, -0.2) is 0 Å². The Labute approximate surface area is 227 Å². The predicted molar refractivity (Wildman–Crippen MR) is 149 cm³/mol. The van der Waals surface area contributed by atoms with Crippen LogP contribution in [0.15, 0.2) is 23.2 Å². The van der Waals surface area contributed by atoms with Crippen molar-refractivity contribution in [2.45, 2.75) is 83.9 Å². The Bertz CT molecular complexity index is 1040. The van der Waals surface area contributed by atoms with Gasteiger partial charge in [-0.1, -0.05) is 31.9 Å². The summed E-state index contributed by atoms with van der Waals surface area (Å²) in [7, 11) is 1.95. The highest BCUT2D eigenvalue weighted by atomic mass is 32.2. The van der Waals surface area contributed by atoms with Gasteiger partial charge in [0.1, 0.15) is 22.3 Å². The van der Waals surface area contributed by atoms with Gasteiger partial charge in [0.05, 0.1) is 23.0 Å². The van der Waals surface area contributed by atoms with Crippen LogP contribution >= 0.6 is 23.5 Å². The highest BCUT2D eigenvalue weighted by Crippen LogP contribution is 2.42. The van der Waals surface area contributed by atoms with Gasteiger partial charge in [0.15, 0.2) is 0 Å². The maximum Gasteiger partial charge on any atom is 0.312 e. The number of unbranched alkanes of at least 4 members (excludes halogenated alkanes) is 2. The Morgan fingerprint density at radius 1 is 1.19 bits per heavy atom. The molecule has 2 heterocycles. The Morgan fingerprint density at radius 3 is 2.54 bits per heavy atom. The fraction of sp³-hybridized carbons (Fsp3) is 0.630. The quantitative estimate of drug-likeness (QED) is 0.240. The highest BCUT2D eigenvalue weighted by Gasteiger charge is 2.50. The molecule has 0 aliphatic carbocycles. The number of esters is 2. The van der Waals surface area contributed by atoms with E-state index in [-0.39, 0.29) is 23.4 Å². The molecule has 0 saturated carbocycles. The van der Waals surface area contributed by atoms with Gasteiger partial charge in [0.2, 0.25) is 0 Å². The molecule has 2 aliphatic rings. The normalized spacial score (nSPS) is 23.0. The molecule has 0 spiro atoms. The van der Waals surface area contributed by atoms with E-state index in [1.807, 2.05) is 19.2 Å². The topological polar surface area (TPSA) is 106 Å². The van der Waals surface area contributed by atoms with Crippen LogP contribution in [0.2, 0.25) is 0 Å². The van der Waals surface area contributed by atoms with Crippen LogP contribution in [-0.4, -0.2) is 75.1 Å². The second-order valence-electron chi connectivity index (χ2n) is 10.2. The lowest BCUT2D eigenvalue weighted by Crippen LogP contribution is -2.54. The number of hydrogen-bond acceptors (Lipinski definition) is 9.